The first-order valence-corrected chi connectivity index (χ1v) is 19.6. The fraction of sp³-hybridized carbons (Fsp3) is 0.0980. The van der Waals surface area contributed by atoms with Crippen molar-refractivity contribution in [2.75, 3.05) is 6.54 Å². The number of benzene rings is 5. The maximum atomic E-state index is 5.31. The first-order valence-electron chi connectivity index (χ1n) is 19.6. The highest BCUT2D eigenvalue weighted by Crippen LogP contribution is 2.42. The van der Waals surface area contributed by atoms with Crippen molar-refractivity contribution in [3.05, 3.63) is 220 Å². The Morgan fingerprint density at radius 3 is 2.21 bits per heavy atom. The molecule has 2 atom stereocenters. The van der Waals surface area contributed by atoms with Crippen LogP contribution in [0.1, 0.15) is 62.5 Å². The smallest absolute Gasteiger partial charge is 0.162 e. The van der Waals surface area contributed by atoms with Gasteiger partial charge < -0.3 is 0 Å². The standard InChI is InChI=1S/C51H36N6/c1-3-13-39-32(9-1)11-5-15-43(39)51-56-46(35-22-18-33(19-23-35)45-30-38-12-6-26-52-47(38)49-42(45)17-8-28-54-49)31-55-50(57-51)36-24-20-34(21-25-36)44-29-37-10-2-4-14-40(37)48-41(44)16-7-27-53-48/h1-11,13-28,30,38,44H,12,29,31H2. The fourth-order valence-corrected chi connectivity index (χ4v) is 8.81. The van der Waals surface area contributed by atoms with Crippen LogP contribution >= 0.6 is 0 Å². The van der Waals surface area contributed by atoms with Crippen LogP contribution in [0.25, 0.3) is 27.6 Å². The highest BCUT2D eigenvalue weighted by atomic mass is 15.0. The molecule has 4 aliphatic rings. The summed E-state index contributed by atoms with van der Waals surface area (Å²) in [6, 6.07) is 49.3. The Morgan fingerprint density at radius 2 is 1.30 bits per heavy atom. The van der Waals surface area contributed by atoms with Gasteiger partial charge in [0.25, 0.3) is 0 Å². The summed E-state index contributed by atoms with van der Waals surface area (Å²) in [6.07, 6.45) is 12.0. The summed E-state index contributed by atoms with van der Waals surface area (Å²) in [5.74, 6) is 1.76. The molecule has 4 heterocycles. The number of pyridine rings is 2. The topological polar surface area (TPSA) is 75.2 Å². The molecule has 0 fully saturated rings. The minimum absolute atomic E-state index is 0.213. The van der Waals surface area contributed by atoms with Crippen LogP contribution in [-0.4, -0.2) is 39.6 Å². The second-order valence-corrected chi connectivity index (χ2v) is 14.9. The lowest BCUT2D eigenvalue weighted by atomic mass is 9.78. The van der Waals surface area contributed by atoms with Crippen LogP contribution in [0.3, 0.4) is 0 Å². The third-order valence-corrected chi connectivity index (χ3v) is 11.6. The van der Waals surface area contributed by atoms with Gasteiger partial charge in [-0.1, -0.05) is 140 Å². The van der Waals surface area contributed by atoms with Gasteiger partial charge in [0.15, 0.2) is 11.7 Å². The summed E-state index contributed by atoms with van der Waals surface area (Å²) >= 11 is 0. The lowest BCUT2D eigenvalue weighted by Crippen LogP contribution is -2.23. The Morgan fingerprint density at radius 1 is 0.561 bits per heavy atom. The Balaban J connectivity index is 0.953. The molecule has 2 aliphatic heterocycles. The molecule has 6 heteroatoms. The van der Waals surface area contributed by atoms with Crippen LogP contribution < -0.4 is 0 Å². The normalized spacial score (nSPS) is 18.1. The number of hydrogen-bond donors (Lipinski definition) is 0. The zero-order chi connectivity index (χ0) is 37.7. The zero-order valence-corrected chi connectivity index (χ0v) is 31.1. The minimum Gasteiger partial charge on any atom is -0.260 e. The number of amidine groups is 2. The maximum Gasteiger partial charge on any atom is 0.162 e. The van der Waals surface area contributed by atoms with Crippen LogP contribution in [-0.2, 0) is 6.42 Å². The van der Waals surface area contributed by atoms with Crippen molar-refractivity contribution in [2.24, 2.45) is 25.9 Å². The van der Waals surface area contributed by atoms with Crippen molar-refractivity contribution in [1.29, 1.82) is 0 Å². The molecule has 0 amide bonds. The molecule has 0 spiro atoms. The van der Waals surface area contributed by atoms with E-state index in [1.165, 1.54) is 27.8 Å². The SMILES string of the molecule is C1=CN=C2c3ncccc3C(c3ccc(C4=NC(c5cccc6ccccc56)=NC(c5ccc(C6Cc7ccccc7-c7ncccc76)cc5)=NC4)cc3)=CC2C1. The Labute approximate surface area is 331 Å². The van der Waals surface area contributed by atoms with E-state index < -0.39 is 0 Å². The van der Waals surface area contributed by atoms with Gasteiger partial charge in [0.2, 0.25) is 0 Å². The molecule has 2 unspecified atom stereocenters. The van der Waals surface area contributed by atoms with Crippen LogP contribution in [0, 0.1) is 5.92 Å². The first-order chi connectivity index (χ1) is 28.2. The molecule has 2 aliphatic carbocycles. The third-order valence-electron chi connectivity index (χ3n) is 11.6. The van der Waals surface area contributed by atoms with Gasteiger partial charge in [-0.3, -0.25) is 20.0 Å². The zero-order valence-electron chi connectivity index (χ0n) is 31.1. The van der Waals surface area contributed by atoms with Crippen LogP contribution in [0.5, 0.6) is 0 Å². The fourth-order valence-electron chi connectivity index (χ4n) is 8.81. The van der Waals surface area contributed by atoms with E-state index >= 15 is 0 Å². The summed E-state index contributed by atoms with van der Waals surface area (Å²) in [5, 5.41) is 2.25. The largest absolute Gasteiger partial charge is 0.260 e. The second-order valence-electron chi connectivity index (χ2n) is 14.9. The lowest BCUT2D eigenvalue weighted by Gasteiger charge is -2.27. The van der Waals surface area contributed by atoms with Crippen LogP contribution in [0.15, 0.2) is 190 Å². The van der Waals surface area contributed by atoms with Crippen LogP contribution in [0.4, 0.5) is 0 Å². The molecular weight excluding hydrogens is 697 g/mol. The summed E-state index contributed by atoms with van der Waals surface area (Å²) in [5.41, 5.74) is 15.4. The summed E-state index contributed by atoms with van der Waals surface area (Å²) in [4.78, 5) is 30.0. The molecule has 5 aromatic carbocycles. The molecule has 0 N–H and O–H groups in total. The molecule has 2 aromatic heterocycles. The van der Waals surface area contributed by atoms with Gasteiger partial charge >= 0.3 is 0 Å². The molecule has 0 radical (unpaired) electrons. The lowest BCUT2D eigenvalue weighted by molar-refractivity contribution is 0.786. The Hall–Kier alpha value is -7.18. The number of rotatable bonds is 5. The quantitative estimate of drug-likeness (QED) is 0.177. The van der Waals surface area contributed by atoms with Crippen molar-refractivity contribution < 1.29 is 0 Å². The van der Waals surface area contributed by atoms with Gasteiger partial charge in [-0.25, -0.2) is 9.98 Å². The molecule has 6 nitrogen and oxygen atoms in total. The summed E-state index contributed by atoms with van der Waals surface area (Å²) < 4.78 is 0. The predicted octanol–water partition coefficient (Wildman–Crippen LogP) is 10.4. The highest BCUT2D eigenvalue weighted by Gasteiger charge is 2.29. The maximum absolute atomic E-state index is 5.31. The van der Waals surface area contributed by atoms with E-state index in [1.54, 1.807) is 0 Å². The van der Waals surface area contributed by atoms with Crippen molar-refractivity contribution in [1.82, 2.24) is 9.97 Å². The molecule has 11 rings (SSSR count). The van der Waals surface area contributed by atoms with Crippen molar-refractivity contribution in [2.45, 2.75) is 18.8 Å². The monoisotopic (exact) mass is 732 g/mol. The minimum atomic E-state index is 0.213. The average Bonchev–Trinajstić information content (AvgIpc) is 3.52. The van der Waals surface area contributed by atoms with Gasteiger partial charge in [-0.15, -0.1) is 0 Å². The van der Waals surface area contributed by atoms with Crippen molar-refractivity contribution in [3.8, 4) is 11.3 Å². The second kappa shape index (κ2) is 13.8. The van der Waals surface area contributed by atoms with Gasteiger partial charge in [-0.05, 0) is 69.1 Å². The number of nitrogens with zero attached hydrogens (tertiary/aromatic N) is 6. The van der Waals surface area contributed by atoms with Crippen molar-refractivity contribution in [3.63, 3.8) is 0 Å². The molecule has 7 aromatic rings. The molecule has 270 valence electrons. The van der Waals surface area contributed by atoms with E-state index in [9.17, 15) is 0 Å². The molecule has 0 saturated heterocycles. The number of hydrogen-bond acceptors (Lipinski definition) is 6. The van der Waals surface area contributed by atoms with E-state index in [2.05, 4.69) is 140 Å². The molecule has 0 saturated carbocycles. The number of fused-ring (bicyclic) bond motifs is 7. The molecule has 0 bridgehead atoms. The van der Waals surface area contributed by atoms with Crippen LogP contribution in [0.2, 0.25) is 0 Å². The van der Waals surface area contributed by atoms with Gasteiger partial charge in [0.05, 0.1) is 29.4 Å². The highest BCUT2D eigenvalue weighted by molar-refractivity contribution is 6.23. The van der Waals surface area contributed by atoms with Gasteiger partial charge in [-0.2, -0.15) is 0 Å². The van der Waals surface area contributed by atoms with E-state index in [1.807, 2.05) is 30.7 Å². The van der Waals surface area contributed by atoms with Gasteiger partial charge in [0, 0.05) is 52.7 Å². The number of allylic oxidation sites excluding steroid dienone is 2. The molecular formula is C51H36N6. The van der Waals surface area contributed by atoms with Crippen molar-refractivity contribution >= 4 is 39.4 Å². The Bertz CT molecular complexity index is 2920. The average molecular weight is 733 g/mol. The summed E-state index contributed by atoms with van der Waals surface area (Å²) in [7, 11) is 0. The van der Waals surface area contributed by atoms with E-state index in [0.717, 1.165) is 74.2 Å². The Kier molecular flexibility index (Phi) is 8.06. The number of aromatic nitrogens is 2. The first kappa shape index (κ1) is 33.2. The van der Waals surface area contributed by atoms with E-state index in [4.69, 9.17) is 29.9 Å². The summed E-state index contributed by atoms with van der Waals surface area (Å²) in [6.45, 7) is 0.399. The predicted molar refractivity (Wildman–Crippen MR) is 232 cm³/mol. The number of aliphatic imine (C=N–C) groups is 4. The van der Waals surface area contributed by atoms with E-state index in [0.29, 0.717) is 18.2 Å². The van der Waals surface area contributed by atoms with E-state index in [-0.39, 0.29) is 11.8 Å². The van der Waals surface area contributed by atoms with Gasteiger partial charge in [0.1, 0.15) is 0 Å². The molecule has 57 heavy (non-hydrogen) atoms. The third kappa shape index (κ3) is 5.89.